The molecule has 0 saturated carbocycles. The van der Waals surface area contributed by atoms with Gasteiger partial charge in [0.15, 0.2) is 0 Å². The Labute approximate surface area is 137 Å². The predicted molar refractivity (Wildman–Crippen MR) is 91.1 cm³/mol. The molecule has 0 amide bonds. The monoisotopic (exact) mass is 327 g/mol. The van der Waals surface area contributed by atoms with Gasteiger partial charge < -0.3 is 5.73 Å². The Morgan fingerprint density at radius 3 is 2.90 bits per heavy atom. The second-order valence-corrected chi connectivity index (χ2v) is 8.09. The Morgan fingerprint density at radius 1 is 1.33 bits per heavy atom. The highest BCUT2D eigenvalue weighted by atomic mass is 35.5. The zero-order valence-electron chi connectivity index (χ0n) is 12.8. The van der Waals surface area contributed by atoms with E-state index in [1.165, 1.54) is 37.2 Å². The summed E-state index contributed by atoms with van der Waals surface area (Å²) in [5, 5.41) is 0. The van der Waals surface area contributed by atoms with Gasteiger partial charge in [0.1, 0.15) is 0 Å². The first kappa shape index (κ1) is 15.8. The highest BCUT2D eigenvalue weighted by Gasteiger charge is 2.35. The van der Waals surface area contributed by atoms with E-state index in [0.717, 1.165) is 29.9 Å². The molecule has 2 aliphatic heterocycles. The van der Waals surface area contributed by atoms with E-state index in [9.17, 15) is 0 Å². The molecule has 3 atom stereocenters. The van der Waals surface area contributed by atoms with Crippen molar-refractivity contribution in [1.29, 1.82) is 0 Å². The molecule has 3 rings (SSSR count). The summed E-state index contributed by atoms with van der Waals surface area (Å²) in [7, 11) is 0. The first-order valence-electron chi connectivity index (χ1n) is 8.18. The molecule has 0 bridgehead atoms. The summed E-state index contributed by atoms with van der Waals surface area (Å²) in [5.41, 5.74) is 6.47. The van der Waals surface area contributed by atoms with Crippen LogP contribution in [-0.2, 0) is 0 Å². The van der Waals surface area contributed by atoms with Gasteiger partial charge in [0.25, 0.3) is 0 Å². The summed E-state index contributed by atoms with van der Waals surface area (Å²) in [5.74, 6) is 0. The van der Waals surface area contributed by atoms with Crippen molar-refractivity contribution in [1.82, 2.24) is 9.80 Å². The fraction of sp³-hybridized carbons (Fsp3) is 0.750. The van der Waals surface area contributed by atoms with Crippen LogP contribution >= 0.6 is 22.9 Å². The molecule has 5 heteroatoms. The lowest BCUT2D eigenvalue weighted by Gasteiger charge is -2.47. The van der Waals surface area contributed by atoms with Crippen molar-refractivity contribution >= 4 is 22.9 Å². The Balaban J connectivity index is 1.77. The zero-order valence-corrected chi connectivity index (χ0v) is 14.4. The van der Waals surface area contributed by atoms with Crippen LogP contribution in [0.25, 0.3) is 0 Å². The van der Waals surface area contributed by atoms with Crippen LogP contribution in [0.4, 0.5) is 0 Å². The van der Waals surface area contributed by atoms with Crippen LogP contribution in [0.3, 0.4) is 0 Å². The molecule has 0 radical (unpaired) electrons. The minimum absolute atomic E-state index is 0.190. The van der Waals surface area contributed by atoms with Crippen LogP contribution in [0.15, 0.2) is 12.1 Å². The molecular formula is C16H26ClN3S. The molecule has 1 aromatic rings. The van der Waals surface area contributed by atoms with E-state index in [-0.39, 0.29) is 6.04 Å². The van der Waals surface area contributed by atoms with Gasteiger partial charge in [-0.25, -0.2) is 0 Å². The molecule has 3 heterocycles. The van der Waals surface area contributed by atoms with Gasteiger partial charge in [0.05, 0.1) is 10.4 Å². The topological polar surface area (TPSA) is 32.5 Å². The molecule has 0 spiro atoms. The maximum Gasteiger partial charge on any atom is 0.0931 e. The fourth-order valence-electron chi connectivity index (χ4n) is 3.80. The van der Waals surface area contributed by atoms with E-state index in [1.54, 1.807) is 11.3 Å². The van der Waals surface area contributed by atoms with E-state index in [2.05, 4.69) is 22.8 Å². The molecule has 3 unspecified atom stereocenters. The van der Waals surface area contributed by atoms with E-state index in [1.807, 2.05) is 6.07 Å². The maximum atomic E-state index is 6.47. The molecule has 118 valence electrons. The van der Waals surface area contributed by atoms with Crippen LogP contribution < -0.4 is 5.73 Å². The largest absolute Gasteiger partial charge is 0.326 e. The van der Waals surface area contributed by atoms with Crippen molar-refractivity contribution in [3.8, 4) is 0 Å². The van der Waals surface area contributed by atoms with Crippen LogP contribution in [0.5, 0.6) is 0 Å². The molecule has 2 saturated heterocycles. The molecule has 0 aromatic carbocycles. The normalized spacial score (nSPS) is 27.3. The molecule has 2 N–H and O–H groups in total. The van der Waals surface area contributed by atoms with Gasteiger partial charge in [-0.2, -0.15) is 0 Å². The molecule has 1 aromatic heterocycles. The Bertz CT molecular complexity index is 464. The van der Waals surface area contributed by atoms with Gasteiger partial charge >= 0.3 is 0 Å². The smallest absolute Gasteiger partial charge is 0.0931 e. The average Bonchev–Trinajstić information content (AvgIpc) is 2.93. The van der Waals surface area contributed by atoms with Crippen LogP contribution in [0, 0.1) is 0 Å². The SMILES string of the molecule is CCC(N)C(c1ccc(Cl)s1)N1CCN2CCCCC2C1. The standard InChI is InChI=1S/C16H26ClN3S/c1-2-13(18)16(14-6-7-15(17)21-14)20-10-9-19-8-4-3-5-12(19)11-20/h6-7,12-13,16H,2-5,8-11,18H2,1H3. The highest BCUT2D eigenvalue weighted by molar-refractivity contribution is 7.16. The number of fused-ring (bicyclic) bond motifs is 1. The Kier molecular flexibility index (Phi) is 5.23. The minimum Gasteiger partial charge on any atom is -0.326 e. The predicted octanol–water partition coefficient (Wildman–Crippen LogP) is 3.35. The van der Waals surface area contributed by atoms with E-state index in [0.29, 0.717) is 6.04 Å². The van der Waals surface area contributed by atoms with Crippen molar-refractivity contribution in [3.05, 3.63) is 21.3 Å². The van der Waals surface area contributed by atoms with Gasteiger partial charge in [-0.05, 0) is 37.9 Å². The molecule has 2 fully saturated rings. The van der Waals surface area contributed by atoms with Crippen molar-refractivity contribution in [3.63, 3.8) is 0 Å². The summed E-state index contributed by atoms with van der Waals surface area (Å²) in [4.78, 5) is 6.62. The number of piperazine rings is 1. The Morgan fingerprint density at radius 2 is 2.19 bits per heavy atom. The second kappa shape index (κ2) is 6.97. The quantitative estimate of drug-likeness (QED) is 0.920. The van der Waals surface area contributed by atoms with Gasteiger partial charge in [0, 0.05) is 36.6 Å². The molecular weight excluding hydrogens is 302 g/mol. The van der Waals surface area contributed by atoms with Crippen molar-refractivity contribution in [2.75, 3.05) is 26.2 Å². The number of hydrogen-bond acceptors (Lipinski definition) is 4. The van der Waals surface area contributed by atoms with Crippen molar-refractivity contribution in [2.45, 2.75) is 50.7 Å². The summed E-state index contributed by atoms with van der Waals surface area (Å²) in [6, 6.07) is 5.43. The van der Waals surface area contributed by atoms with Crippen LogP contribution in [-0.4, -0.2) is 48.1 Å². The lowest BCUT2D eigenvalue weighted by Crippen LogP contribution is -2.57. The first-order chi connectivity index (χ1) is 10.2. The lowest BCUT2D eigenvalue weighted by atomic mass is 9.96. The van der Waals surface area contributed by atoms with Crippen molar-refractivity contribution < 1.29 is 0 Å². The van der Waals surface area contributed by atoms with Crippen molar-refractivity contribution in [2.24, 2.45) is 5.73 Å². The zero-order chi connectivity index (χ0) is 14.8. The van der Waals surface area contributed by atoms with E-state index in [4.69, 9.17) is 17.3 Å². The third-order valence-corrected chi connectivity index (χ3v) is 6.33. The van der Waals surface area contributed by atoms with Gasteiger partial charge in [-0.3, -0.25) is 9.80 Å². The number of thiophene rings is 1. The van der Waals surface area contributed by atoms with Gasteiger partial charge in [-0.15, -0.1) is 11.3 Å². The molecule has 0 aliphatic carbocycles. The van der Waals surface area contributed by atoms with Crippen LogP contribution in [0.2, 0.25) is 4.34 Å². The minimum atomic E-state index is 0.190. The highest BCUT2D eigenvalue weighted by Crippen LogP contribution is 2.35. The van der Waals surface area contributed by atoms with E-state index < -0.39 is 0 Å². The second-order valence-electron chi connectivity index (χ2n) is 6.34. The number of rotatable bonds is 4. The van der Waals surface area contributed by atoms with Gasteiger partial charge in [-0.1, -0.05) is 24.9 Å². The first-order valence-corrected chi connectivity index (χ1v) is 9.37. The third kappa shape index (κ3) is 3.45. The molecule has 21 heavy (non-hydrogen) atoms. The van der Waals surface area contributed by atoms with Crippen LogP contribution in [0.1, 0.15) is 43.5 Å². The summed E-state index contributed by atoms with van der Waals surface area (Å²) in [6.45, 7) is 6.95. The molecule has 3 nitrogen and oxygen atoms in total. The fourth-order valence-corrected chi connectivity index (χ4v) is 5.08. The number of nitrogens with two attached hydrogens (primary N) is 1. The lowest BCUT2D eigenvalue weighted by molar-refractivity contribution is 0.0211. The number of hydrogen-bond donors (Lipinski definition) is 1. The Hall–Kier alpha value is -0.130. The number of piperidine rings is 1. The number of nitrogens with zero attached hydrogens (tertiary/aromatic N) is 2. The summed E-state index contributed by atoms with van der Waals surface area (Å²) < 4.78 is 0.870. The third-order valence-electron chi connectivity index (χ3n) is 5.02. The summed E-state index contributed by atoms with van der Waals surface area (Å²) >= 11 is 7.85. The summed E-state index contributed by atoms with van der Waals surface area (Å²) in [6.07, 6.45) is 5.10. The van der Waals surface area contributed by atoms with E-state index >= 15 is 0 Å². The maximum absolute atomic E-state index is 6.47. The number of halogens is 1. The average molecular weight is 328 g/mol. The van der Waals surface area contributed by atoms with Gasteiger partial charge in [0.2, 0.25) is 0 Å². The molecule has 2 aliphatic rings.